The molecule has 0 spiro atoms. The van der Waals surface area contributed by atoms with Crippen molar-refractivity contribution in [3.63, 3.8) is 0 Å². The summed E-state index contributed by atoms with van der Waals surface area (Å²) in [4.78, 5) is 8.98. The largest absolute Gasteiger partial charge is 0.397 e. The van der Waals surface area contributed by atoms with Gasteiger partial charge in [0.25, 0.3) is 0 Å². The molecule has 2 N–H and O–H groups in total. The number of aryl methyl sites for hydroxylation is 1. The minimum absolute atomic E-state index is 0.732. The van der Waals surface area contributed by atoms with Crippen LogP contribution >= 0.6 is 0 Å². The van der Waals surface area contributed by atoms with Crippen molar-refractivity contribution >= 4 is 11.5 Å². The van der Waals surface area contributed by atoms with Crippen molar-refractivity contribution in [2.24, 2.45) is 0 Å². The molecular weight excluding hydrogens is 212 g/mol. The summed E-state index contributed by atoms with van der Waals surface area (Å²) < 4.78 is 0. The average molecular weight is 236 g/mol. The topological polar surface area (TPSA) is 45.4 Å². The van der Waals surface area contributed by atoms with Gasteiger partial charge in [0.05, 0.1) is 11.9 Å². The number of nitrogens with two attached hydrogens (primary N) is 1. The minimum Gasteiger partial charge on any atom is -0.397 e. The fourth-order valence-corrected chi connectivity index (χ4v) is 1.83. The molecule has 1 aromatic heterocycles. The lowest BCUT2D eigenvalue weighted by Crippen LogP contribution is -2.33. The molecule has 1 rings (SSSR count). The van der Waals surface area contributed by atoms with Crippen molar-refractivity contribution in [1.82, 2.24) is 9.88 Å². The van der Waals surface area contributed by atoms with Gasteiger partial charge in [0.1, 0.15) is 5.82 Å². The first kappa shape index (κ1) is 13.8. The van der Waals surface area contributed by atoms with Crippen LogP contribution in [0, 0.1) is 6.92 Å². The lowest BCUT2D eigenvalue weighted by atomic mass is 10.2. The van der Waals surface area contributed by atoms with E-state index in [0.29, 0.717) is 0 Å². The predicted octanol–water partition coefficient (Wildman–Crippen LogP) is 1.75. The van der Waals surface area contributed by atoms with Crippen molar-refractivity contribution < 1.29 is 0 Å². The van der Waals surface area contributed by atoms with E-state index in [4.69, 9.17) is 5.73 Å². The Morgan fingerprint density at radius 3 is 2.47 bits per heavy atom. The lowest BCUT2D eigenvalue weighted by molar-refractivity contribution is 0.412. The summed E-state index contributed by atoms with van der Waals surface area (Å²) in [6, 6.07) is 1.99. The highest BCUT2D eigenvalue weighted by Crippen LogP contribution is 2.18. The van der Waals surface area contributed by atoms with Crippen LogP contribution in [0.25, 0.3) is 0 Å². The van der Waals surface area contributed by atoms with E-state index in [1.807, 2.05) is 6.07 Å². The van der Waals surface area contributed by atoms with Gasteiger partial charge < -0.3 is 15.5 Å². The molecule has 0 radical (unpaired) electrons. The fourth-order valence-electron chi connectivity index (χ4n) is 1.83. The maximum absolute atomic E-state index is 5.73. The first-order valence-corrected chi connectivity index (χ1v) is 6.16. The van der Waals surface area contributed by atoms with Crippen molar-refractivity contribution in [2.45, 2.75) is 20.3 Å². The van der Waals surface area contributed by atoms with Gasteiger partial charge in [0.2, 0.25) is 0 Å². The maximum atomic E-state index is 5.73. The quantitative estimate of drug-likeness (QED) is 0.817. The van der Waals surface area contributed by atoms with E-state index in [1.165, 1.54) is 0 Å². The van der Waals surface area contributed by atoms with Crippen LogP contribution in [-0.2, 0) is 0 Å². The molecule has 4 heteroatoms. The highest BCUT2D eigenvalue weighted by molar-refractivity contribution is 5.52. The summed E-state index contributed by atoms with van der Waals surface area (Å²) in [6.45, 7) is 7.32. The number of nitrogens with zero attached hydrogens (tertiary/aromatic N) is 3. The summed E-state index contributed by atoms with van der Waals surface area (Å²) in [5, 5.41) is 0. The normalized spacial score (nSPS) is 10.9. The number of hydrogen-bond acceptors (Lipinski definition) is 4. The molecule has 0 aliphatic heterocycles. The molecule has 0 fully saturated rings. The lowest BCUT2D eigenvalue weighted by Gasteiger charge is -2.26. The van der Waals surface area contributed by atoms with E-state index in [-0.39, 0.29) is 0 Å². The van der Waals surface area contributed by atoms with E-state index >= 15 is 0 Å². The molecule has 0 bridgehead atoms. The van der Waals surface area contributed by atoms with Gasteiger partial charge in [-0.2, -0.15) is 0 Å². The Hall–Kier alpha value is -1.29. The van der Waals surface area contributed by atoms with Gasteiger partial charge in [-0.3, -0.25) is 0 Å². The summed E-state index contributed by atoms with van der Waals surface area (Å²) >= 11 is 0. The van der Waals surface area contributed by atoms with E-state index in [2.05, 4.69) is 42.7 Å². The molecule has 96 valence electrons. The number of likely N-dealkylation sites (N-methyl/N-ethyl adjacent to an activating group) is 1. The molecule has 4 nitrogen and oxygen atoms in total. The molecule has 0 saturated heterocycles. The van der Waals surface area contributed by atoms with Crippen molar-refractivity contribution in [3.8, 4) is 0 Å². The first-order chi connectivity index (χ1) is 8.04. The number of aromatic nitrogens is 1. The molecule has 1 aromatic rings. The molecule has 0 atom stereocenters. The number of rotatable bonds is 6. The Balaban J connectivity index is 2.81. The highest BCUT2D eigenvalue weighted by atomic mass is 15.2. The smallest absolute Gasteiger partial charge is 0.131 e. The second-order valence-corrected chi connectivity index (χ2v) is 4.70. The molecule has 0 aliphatic rings. The molecule has 17 heavy (non-hydrogen) atoms. The van der Waals surface area contributed by atoms with Crippen LogP contribution in [0.4, 0.5) is 11.5 Å². The second kappa shape index (κ2) is 6.45. The standard InChI is InChI=1S/C13H24N4/c1-5-6-17(8-7-16(3)4)13-11(2)9-12(14)10-15-13/h9-10H,5-8,14H2,1-4H3. The van der Waals surface area contributed by atoms with Gasteiger partial charge in [-0.25, -0.2) is 4.98 Å². The number of nitrogen functional groups attached to an aromatic ring is 1. The van der Waals surface area contributed by atoms with Gasteiger partial charge in [-0.15, -0.1) is 0 Å². The van der Waals surface area contributed by atoms with Gasteiger partial charge in [0, 0.05) is 19.6 Å². The van der Waals surface area contributed by atoms with Gasteiger partial charge in [0.15, 0.2) is 0 Å². The molecule has 0 aromatic carbocycles. The van der Waals surface area contributed by atoms with Crippen LogP contribution < -0.4 is 10.6 Å². The van der Waals surface area contributed by atoms with Crippen LogP contribution in [0.3, 0.4) is 0 Å². The van der Waals surface area contributed by atoms with Crippen molar-refractivity contribution in [2.75, 3.05) is 44.4 Å². The number of pyridine rings is 1. The third kappa shape index (κ3) is 4.23. The van der Waals surface area contributed by atoms with Crippen LogP contribution in [0.2, 0.25) is 0 Å². The summed E-state index contributed by atoms with van der Waals surface area (Å²) in [7, 11) is 4.18. The Bertz CT molecular complexity index is 349. The molecular formula is C13H24N4. The maximum Gasteiger partial charge on any atom is 0.131 e. The summed E-state index contributed by atoms with van der Waals surface area (Å²) in [6.07, 6.45) is 2.86. The molecule has 0 unspecified atom stereocenters. The first-order valence-electron chi connectivity index (χ1n) is 6.16. The number of anilines is 2. The average Bonchev–Trinajstić information content (AvgIpc) is 2.24. The fraction of sp³-hybridized carbons (Fsp3) is 0.615. The SMILES string of the molecule is CCCN(CCN(C)C)c1ncc(N)cc1C. The zero-order chi connectivity index (χ0) is 12.8. The molecule has 0 aliphatic carbocycles. The van der Waals surface area contributed by atoms with Crippen molar-refractivity contribution in [1.29, 1.82) is 0 Å². The summed E-state index contributed by atoms with van der Waals surface area (Å²) in [5.74, 6) is 1.06. The highest BCUT2D eigenvalue weighted by Gasteiger charge is 2.10. The predicted molar refractivity (Wildman–Crippen MR) is 74.4 cm³/mol. The van der Waals surface area contributed by atoms with E-state index in [1.54, 1.807) is 6.20 Å². The number of hydrogen-bond donors (Lipinski definition) is 1. The molecule has 1 heterocycles. The van der Waals surface area contributed by atoms with Crippen LogP contribution in [-0.4, -0.2) is 43.6 Å². The molecule has 0 saturated carbocycles. The third-order valence-electron chi connectivity index (χ3n) is 2.68. The van der Waals surface area contributed by atoms with Gasteiger partial charge in [-0.05, 0) is 39.1 Å². The van der Waals surface area contributed by atoms with Crippen LogP contribution in [0.15, 0.2) is 12.3 Å². The Morgan fingerprint density at radius 1 is 1.24 bits per heavy atom. The Morgan fingerprint density at radius 2 is 1.94 bits per heavy atom. The molecule has 0 amide bonds. The van der Waals surface area contributed by atoms with Crippen LogP contribution in [0.5, 0.6) is 0 Å². The second-order valence-electron chi connectivity index (χ2n) is 4.70. The Labute approximate surface area is 104 Å². The van der Waals surface area contributed by atoms with E-state index in [0.717, 1.165) is 43.1 Å². The van der Waals surface area contributed by atoms with Crippen molar-refractivity contribution in [3.05, 3.63) is 17.8 Å². The minimum atomic E-state index is 0.732. The van der Waals surface area contributed by atoms with E-state index < -0.39 is 0 Å². The third-order valence-corrected chi connectivity index (χ3v) is 2.68. The monoisotopic (exact) mass is 236 g/mol. The van der Waals surface area contributed by atoms with Gasteiger partial charge in [-0.1, -0.05) is 6.92 Å². The zero-order valence-electron chi connectivity index (χ0n) is 11.4. The van der Waals surface area contributed by atoms with E-state index in [9.17, 15) is 0 Å². The summed E-state index contributed by atoms with van der Waals surface area (Å²) in [5.41, 5.74) is 7.62. The Kier molecular flexibility index (Phi) is 5.22. The van der Waals surface area contributed by atoms with Gasteiger partial charge >= 0.3 is 0 Å². The van der Waals surface area contributed by atoms with Crippen LogP contribution in [0.1, 0.15) is 18.9 Å². The zero-order valence-corrected chi connectivity index (χ0v) is 11.4.